The Morgan fingerprint density at radius 3 is 2.17 bits per heavy atom. The number of anilines is 6. The summed E-state index contributed by atoms with van der Waals surface area (Å²) in [5, 5.41) is 17.5. The smallest absolute Gasteiger partial charge is 0.234 e. The summed E-state index contributed by atoms with van der Waals surface area (Å²) in [6.45, 7) is 11.4. The van der Waals surface area contributed by atoms with E-state index in [-0.39, 0.29) is 17.7 Å². The van der Waals surface area contributed by atoms with Crippen LogP contribution in [0.15, 0.2) is 71.6 Å². The third-order valence-electron chi connectivity index (χ3n) is 12.4. The summed E-state index contributed by atoms with van der Waals surface area (Å²) in [6.07, 6.45) is 11.0. The zero-order valence-electron chi connectivity index (χ0n) is 36.4. The first-order valence-corrected chi connectivity index (χ1v) is 25.3. The quantitative estimate of drug-likeness (QED) is 0.0419. The standard InChI is InChI=1S/C46H57BrN11O4P/c1-5-29-26-38(54-46-52-28-35(47)44(56-46)53-37-12-11-36-42(51-21-20-50-36)43(37)63(3,4)61)40(62-2)27-39(29)58-24-16-32(17-25-58)49-19-18-48-31-14-22-57(23-15-31)33-8-6-30(7-9-33)34-10-13-41(59)55-45(34)60/h6-9,11-12,20-21,26-28,31-32,34,48-49H,5,10,13-19,22-25H2,1-4H3,(H,55,59,60)(H2,52,53,54,56). The minimum atomic E-state index is -2.77. The zero-order chi connectivity index (χ0) is 44.1. The normalized spacial score (nSPS) is 17.8. The number of imide groups is 1. The SMILES string of the molecule is CCc1cc(Nc2ncc(Br)c(Nc3ccc4nccnc4c3P(C)(C)=O)n2)c(OC)cc1N1CCC(NCCNC2CCN(c3ccc(C4CCC(=O)NC4=O)cc3)CC2)CC1. The minimum Gasteiger partial charge on any atom is -0.494 e. The highest BCUT2D eigenvalue weighted by atomic mass is 79.9. The highest BCUT2D eigenvalue weighted by Gasteiger charge is 2.29. The summed E-state index contributed by atoms with van der Waals surface area (Å²) < 4.78 is 20.1. The highest BCUT2D eigenvalue weighted by Crippen LogP contribution is 2.42. The third kappa shape index (κ3) is 10.5. The van der Waals surface area contributed by atoms with Gasteiger partial charge in [0.15, 0.2) is 0 Å². The molecule has 3 fully saturated rings. The van der Waals surface area contributed by atoms with Crippen LogP contribution in [0.1, 0.15) is 62.5 Å². The van der Waals surface area contributed by atoms with Gasteiger partial charge in [0, 0.05) is 93.8 Å². The molecule has 0 spiro atoms. The van der Waals surface area contributed by atoms with Crippen LogP contribution in [0, 0.1) is 0 Å². The van der Waals surface area contributed by atoms with Crippen LogP contribution in [0.25, 0.3) is 11.0 Å². The molecule has 2 amide bonds. The van der Waals surface area contributed by atoms with Crippen molar-refractivity contribution in [1.82, 2.24) is 35.9 Å². The summed E-state index contributed by atoms with van der Waals surface area (Å²) in [4.78, 5) is 47.0. The minimum absolute atomic E-state index is 0.181. The number of aromatic nitrogens is 4. The summed E-state index contributed by atoms with van der Waals surface area (Å²) >= 11 is 3.60. The first-order valence-electron chi connectivity index (χ1n) is 21.9. The van der Waals surface area contributed by atoms with Crippen LogP contribution in [0.2, 0.25) is 0 Å². The molecule has 3 aliphatic rings. The van der Waals surface area contributed by atoms with E-state index in [2.05, 4.69) is 98.5 Å². The van der Waals surface area contributed by atoms with Gasteiger partial charge < -0.3 is 40.4 Å². The number of amides is 2. The molecule has 1 atom stereocenters. The van der Waals surface area contributed by atoms with Gasteiger partial charge in [0.2, 0.25) is 17.8 Å². The average molecular weight is 939 g/mol. The van der Waals surface area contributed by atoms with Crippen molar-refractivity contribution in [1.29, 1.82) is 0 Å². The molecule has 8 rings (SSSR count). The first-order chi connectivity index (χ1) is 30.5. The van der Waals surface area contributed by atoms with Gasteiger partial charge in [0.25, 0.3) is 0 Å². The molecule has 0 bridgehead atoms. The van der Waals surface area contributed by atoms with E-state index in [0.29, 0.717) is 68.9 Å². The second-order valence-electron chi connectivity index (χ2n) is 16.9. The number of halogens is 1. The Balaban J connectivity index is 0.813. The van der Waals surface area contributed by atoms with Gasteiger partial charge in [-0.1, -0.05) is 19.1 Å². The fraction of sp³-hybridized carbons (Fsp3) is 0.435. The second-order valence-corrected chi connectivity index (χ2v) is 20.9. The summed E-state index contributed by atoms with van der Waals surface area (Å²) in [7, 11) is -1.08. The van der Waals surface area contributed by atoms with E-state index in [9.17, 15) is 14.2 Å². The van der Waals surface area contributed by atoms with Crippen molar-refractivity contribution in [3.05, 3.63) is 82.7 Å². The lowest BCUT2D eigenvalue weighted by Gasteiger charge is -2.36. The number of piperidine rings is 3. The predicted octanol–water partition coefficient (Wildman–Crippen LogP) is 6.83. The number of nitrogens with zero attached hydrogens (tertiary/aromatic N) is 6. The Kier molecular flexibility index (Phi) is 13.9. The van der Waals surface area contributed by atoms with Gasteiger partial charge in [0.1, 0.15) is 24.2 Å². The molecule has 5 aromatic rings. The Morgan fingerprint density at radius 2 is 1.52 bits per heavy atom. The molecule has 63 heavy (non-hydrogen) atoms. The number of benzene rings is 3. The van der Waals surface area contributed by atoms with E-state index < -0.39 is 7.14 Å². The van der Waals surface area contributed by atoms with Crippen molar-refractivity contribution in [2.45, 2.75) is 69.9 Å². The highest BCUT2D eigenvalue weighted by molar-refractivity contribution is 9.10. The van der Waals surface area contributed by atoms with Crippen molar-refractivity contribution in [2.24, 2.45) is 0 Å². The van der Waals surface area contributed by atoms with E-state index in [1.165, 1.54) is 16.9 Å². The van der Waals surface area contributed by atoms with E-state index in [4.69, 9.17) is 9.72 Å². The number of methoxy groups -OCH3 is 1. The summed E-state index contributed by atoms with van der Waals surface area (Å²) in [5.41, 5.74) is 7.26. The van der Waals surface area contributed by atoms with Crippen molar-refractivity contribution in [3.8, 4) is 5.75 Å². The molecule has 5 N–H and O–H groups in total. The van der Waals surface area contributed by atoms with Gasteiger partial charge in [-0.2, -0.15) is 4.98 Å². The van der Waals surface area contributed by atoms with Crippen LogP contribution in [0.4, 0.5) is 34.5 Å². The number of ether oxygens (including phenoxy) is 1. The lowest BCUT2D eigenvalue weighted by molar-refractivity contribution is -0.134. The van der Waals surface area contributed by atoms with Crippen LogP contribution in [0.5, 0.6) is 5.75 Å². The van der Waals surface area contributed by atoms with Gasteiger partial charge in [0.05, 0.1) is 39.7 Å². The molecule has 3 aliphatic heterocycles. The third-order valence-corrected chi connectivity index (χ3v) is 14.5. The molecule has 1 unspecified atom stereocenters. The zero-order valence-corrected chi connectivity index (χ0v) is 38.9. The summed E-state index contributed by atoms with van der Waals surface area (Å²) in [6, 6.07) is 17.3. The second kappa shape index (κ2) is 19.7. The Hall–Kier alpha value is -5.15. The fourth-order valence-corrected chi connectivity index (χ4v) is 10.7. The summed E-state index contributed by atoms with van der Waals surface area (Å²) in [5.74, 6) is 0.985. The Labute approximate surface area is 377 Å². The largest absolute Gasteiger partial charge is 0.494 e. The molecule has 0 saturated carbocycles. The van der Waals surface area contributed by atoms with Gasteiger partial charge >= 0.3 is 0 Å². The van der Waals surface area contributed by atoms with Gasteiger partial charge in [-0.15, -0.1) is 0 Å². The number of aryl methyl sites for hydroxylation is 1. The number of carbonyl (C=O) groups is 2. The molecular formula is C46H57BrN11O4P. The molecule has 0 aliphatic carbocycles. The molecule has 3 saturated heterocycles. The molecule has 15 nitrogen and oxygen atoms in total. The monoisotopic (exact) mass is 937 g/mol. The molecule has 3 aromatic carbocycles. The molecule has 0 radical (unpaired) electrons. The topological polar surface area (TPSA) is 179 Å². The first kappa shape index (κ1) is 44.5. The van der Waals surface area contributed by atoms with Crippen molar-refractivity contribution >= 4 is 85.7 Å². The fourth-order valence-electron chi connectivity index (χ4n) is 9.04. The number of hydrogen-bond donors (Lipinski definition) is 5. The van der Waals surface area contributed by atoms with E-state index in [1.807, 2.05) is 24.3 Å². The predicted molar refractivity (Wildman–Crippen MR) is 255 cm³/mol. The Morgan fingerprint density at radius 1 is 0.841 bits per heavy atom. The van der Waals surface area contributed by atoms with E-state index in [0.717, 1.165) is 82.6 Å². The van der Waals surface area contributed by atoms with E-state index in [1.54, 1.807) is 39.0 Å². The maximum absolute atomic E-state index is 13.5. The molecule has 2 aromatic heterocycles. The van der Waals surface area contributed by atoms with Crippen molar-refractivity contribution < 1.29 is 18.9 Å². The average Bonchev–Trinajstić information content (AvgIpc) is 3.29. The molecule has 332 valence electrons. The molecular weight excluding hydrogens is 881 g/mol. The maximum Gasteiger partial charge on any atom is 0.234 e. The molecule has 17 heteroatoms. The van der Waals surface area contributed by atoms with Crippen molar-refractivity contribution in [3.63, 3.8) is 0 Å². The van der Waals surface area contributed by atoms with Crippen molar-refractivity contribution in [2.75, 3.05) is 80.1 Å². The van der Waals surface area contributed by atoms with E-state index >= 15 is 0 Å². The number of fused-ring (bicyclic) bond motifs is 1. The maximum atomic E-state index is 13.5. The molecule has 5 heterocycles. The van der Waals surface area contributed by atoms with Crippen LogP contribution < -0.4 is 46.4 Å². The number of nitrogens with one attached hydrogen (secondary N) is 5. The number of hydrogen-bond acceptors (Lipinski definition) is 14. The number of carbonyl (C=O) groups excluding carboxylic acids is 2. The number of rotatable bonds is 15. The lowest BCUT2D eigenvalue weighted by Crippen LogP contribution is -2.47. The van der Waals surface area contributed by atoms with Crippen LogP contribution in [-0.4, -0.2) is 104 Å². The Bertz CT molecular complexity index is 2490. The van der Waals surface area contributed by atoms with Crippen LogP contribution in [-0.2, 0) is 20.6 Å². The van der Waals surface area contributed by atoms with Gasteiger partial charge in [-0.25, -0.2) is 4.98 Å². The van der Waals surface area contributed by atoms with Crippen LogP contribution >= 0.6 is 23.1 Å². The lowest BCUT2D eigenvalue weighted by atomic mass is 9.90. The van der Waals surface area contributed by atoms with Gasteiger partial charge in [-0.3, -0.25) is 24.9 Å². The van der Waals surface area contributed by atoms with Gasteiger partial charge in [-0.05, 0) is 109 Å². The van der Waals surface area contributed by atoms with Crippen LogP contribution in [0.3, 0.4) is 0 Å².